The number of hydrogen-bond acceptors (Lipinski definition) is 15. The second-order valence-electron chi connectivity index (χ2n) is 14.6. The quantitative estimate of drug-likeness (QED) is 0.0140. The number of rotatable bonds is 31. The summed E-state index contributed by atoms with van der Waals surface area (Å²) in [5, 5.41) is 34.0. The van der Waals surface area contributed by atoms with Crippen molar-refractivity contribution in [2.75, 3.05) is 85.4 Å². The number of aliphatic hydroxyl groups excluding tert-OH is 1. The van der Waals surface area contributed by atoms with Gasteiger partial charge in [-0.3, -0.25) is 14.1 Å². The number of amides is 6. The molecule has 2 heterocycles. The third kappa shape index (κ3) is 20.2. The molecule has 3 rings (SSSR count). The van der Waals surface area contributed by atoms with Crippen molar-refractivity contribution in [1.29, 1.82) is 0 Å². The molecule has 0 bridgehead atoms. The van der Waals surface area contributed by atoms with Crippen molar-refractivity contribution < 1.29 is 78.2 Å². The van der Waals surface area contributed by atoms with Crippen LogP contribution in [0.2, 0.25) is 0 Å². The number of carbonyl (C=O) groups is 5. The summed E-state index contributed by atoms with van der Waals surface area (Å²) in [5.41, 5.74) is 6.04. The van der Waals surface area contributed by atoms with Crippen LogP contribution in [-0.4, -0.2) is 182 Å². The van der Waals surface area contributed by atoms with E-state index in [0.29, 0.717) is 90.3 Å². The van der Waals surface area contributed by atoms with Gasteiger partial charge in [0, 0.05) is 51.3 Å². The first kappa shape index (κ1) is 51.3. The lowest BCUT2D eigenvalue weighted by molar-refractivity contribution is -0.122. The zero-order chi connectivity index (χ0) is 43.9. The van der Waals surface area contributed by atoms with Crippen molar-refractivity contribution in [3.8, 4) is 0 Å². The van der Waals surface area contributed by atoms with Crippen LogP contribution < -0.4 is 32.3 Å². The van der Waals surface area contributed by atoms with Gasteiger partial charge in [-0.05, 0) is 38.5 Å². The Labute approximate surface area is 355 Å². The number of thioether (sulfide) groups is 1. The predicted molar refractivity (Wildman–Crippen MR) is 217 cm³/mol. The average Bonchev–Trinajstić information content (AvgIpc) is 3.84. The molecule has 0 radical (unpaired) electrons. The highest BCUT2D eigenvalue weighted by atomic mass is 32.2. The number of ether oxygens (including phenoxy) is 5. The highest BCUT2D eigenvalue weighted by molar-refractivity contribution is 8.00. The van der Waals surface area contributed by atoms with Gasteiger partial charge < -0.3 is 80.9 Å². The van der Waals surface area contributed by atoms with Crippen LogP contribution in [0.5, 0.6) is 0 Å². The normalized spacial score (nSPS) is 23.9. The van der Waals surface area contributed by atoms with Crippen LogP contribution in [0.4, 0.5) is 14.4 Å². The van der Waals surface area contributed by atoms with Gasteiger partial charge in [-0.1, -0.05) is 6.42 Å². The number of unbranched alkanes of at least 4 members (excludes halogenated alkanes) is 2. The fraction of sp³-hybridized carbons (Fsp3) is 0.857. The van der Waals surface area contributed by atoms with Crippen LogP contribution in [0, 0.1) is 5.92 Å². The van der Waals surface area contributed by atoms with Crippen molar-refractivity contribution in [2.45, 2.75) is 99.5 Å². The van der Waals surface area contributed by atoms with Crippen molar-refractivity contribution in [1.82, 2.24) is 31.5 Å². The molecule has 0 spiro atoms. The summed E-state index contributed by atoms with van der Waals surface area (Å²) in [4.78, 5) is 78.8. The number of aliphatic hydroxyl groups is 1. The maximum absolute atomic E-state index is 12.8. The van der Waals surface area contributed by atoms with Gasteiger partial charge in [0.1, 0.15) is 18.8 Å². The van der Waals surface area contributed by atoms with Crippen LogP contribution in [0.1, 0.15) is 59.2 Å². The van der Waals surface area contributed by atoms with Gasteiger partial charge in [0.25, 0.3) is 0 Å². The third-order valence-corrected chi connectivity index (χ3v) is 12.1. The molecule has 0 aromatic heterocycles. The highest BCUT2D eigenvalue weighted by Crippen LogP contribution is 2.44. The number of phosphoric ester groups is 1. The topological polar surface area (TPSA) is 328 Å². The molecule has 1 aliphatic carbocycles. The number of nitrogens with one attached hydrogen (secondary N) is 5. The molecule has 2 unspecified atom stereocenters. The first-order chi connectivity index (χ1) is 28.6. The molecule has 23 nitrogen and oxygen atoms in total. The molecular weight excluding hydrogens is 837 g/mol. The molecule has 3 fully saturated rings. The summed E-state index contributed by atoms with van der Waals surface area (Å²) < 4.78 is 42.5. The lowest BCUT2D eigenvalue weighted by Crippen LogP contribution is -2.52. The number of urea groups is 2. The number of fused-ring (bicyclic) bond motifs is 1. The summed E-state index contributed by atoms with van der Waals surface area (Å²) in [7, 11) is -3.69. The Balaban J connectivity index is 0.0000128. The van der Waals surface area contributed by atoms with Gasteiger partial charge in [-0.2, -0.15) is 11.8 Å². The molecule has 25 heteroatoms. The highest BCUT2D eigenvalue weighted by Gasteiger charge is 2.49. The minimum absolute atomic E-state index is 0. The van der Waals surface area contributed by atoms with E-state index in [1.807, 2.05) is 11.8 Å². The van der Waals surface area contributed by atoms with E-state index in [-0.39, 0.29) is 50.8 Å². The van der Waals surface area contributed by atoms with Gasteiger partial charge in [0.2, 0.25) is 11.8 Å². The van der Waals surface area contributed by atoms with Gasteiger partial charge in [0.05, 0.1) is 77.1 Å². The van der Waals surface area contributed by atoms with Crippen LogP contribution >= 0.6 is 19.6 Å². The summed E-state index contributed by atoms with van der Waals surface area (Å²) in [5.74, 6) is -0.170. The molecule has 6 amide bonds. The van der Waals surface area contributed by atoms with Crippen molar-refractivity contribution >= 4 is 49.6 Å². The summed E-state index contributed by atoms with van der Waals surface area (Å²) in [6.45, 7) is 3.17. The Hall–Kier alpha value is -3.03. The van der Waals surface area contributed by atoms with Gasteiger partial charge >= 0.3 is 26.0 Å². The molecule has 2 saturated heterocycles. The zero-order valence-electron chi connectivity index (χ0n) is 34.0. The van der Waals surface area contributed by atoms with E-state index in [1.165, 1.54) is 7.05 Å². The van der Waals surface area contributed by atoms with E-state index in [2.05, 4.69) is 35.8 Å². The van der Waals surface area contributed by atoms with E-state index < -0.39 is 56.9 Å². The second kappa shape index (κ2) is 27.8. The zero-order valence-corrected chi connectivity index (χ0v) is 35.7. The third-order valence-electron chi connectivity index (χ3n) is 10.0. The molecule has 348 valence electrons. The number of hydrogen-bond donors (Lipinski definition) is 10. The predicted octanol–water partition coefficient (Wildman–Crippen LogP) is -0.334. The molecule has 1 saturated carbocycles. The minimum atomic E-state index is -5.05. The second-order valence-corrected chi connectivity index (χ2v) is 17.1. The lowest BCUT2D eigenvalue weighted by atomic mass is 10.0. The number of nitrogens with two attached hydrogens (primary N) is 1. The molecule has 60 heavy (non-hydrogen) atoms. The van der Waals surface area contributed by atoms with Crippen LogP contribution in [-0.2, 0) is 42.4 Å². The Bertz CT molecular complexity index is 1400. The molecule has 3 aliphatic rings. The summed E-state index contributed by atoms with van der Waals surface area (Å²) in [6.07, 6.45) is -0.556. The first-order valence-electron chi connectivity index (χ1n) is 20.2. The SMILES string of the molecule is CN(C(=O)NC(N)CCCCNC(=O)CCOCCOCCOCCOCCNC(=O)CCCC[C@@H]1SC[C@@H]2NC(=O)N[C@@H]21)[C@@H]1C[C@H](COC(=O)O)C(OP(=O)(O)O)[C@@H]1O.[HH]. The molecule has 0 aromatic rings. The summed E-state index contributed by atoms with van der Waals surface area (Å²) in [6, 6.07) is -1.31. The van der Waals surface area contributed by atoms with Gasteiger partial charge in [0.15, 0.2) is 0 Å². The lowest BCUT2D eigenvalue weighted by Gasteiger charge is -2.29. The van der Waals surface area contributed by atoms with Crippen LogP contribution in [0.15, 0.2) is 0 Å². The number of nitrogens with zero attached hydrogens (tertiary/aromatic N) is 1. The Morgan fingerprint density at radius 2 is 1.55 bits per heavy atom. The maximum Gasteiger partial charge on any atom is 0.505 e. The molecule has 11 N–H and O–H groups in total. The fourth-order valence-electron chi connectivity index (χ4n) is 6.96. The Morgan fingerprint density at radius 1 is 0.917 bits per heavy atom. The van der Waals surface area contributed by atoms with E-state index in [1.54, 1.807) is 0 Å². The number of phosphoric acid groups is 1. The summed E-state index contributed by atoms with van der Waals surface area (Å²) >= 11 is 1.88. The Morgan fingerprint density at radius 3 is 2.22 bits per heavy atom. The van der Waals surface area contributed by atoms with Gasteiger partial charge in [-0.15, -0.1) is 0 Å². The molecule has 0 aromatic carbocycles. The molecular formula is C35H66N7O16PS. The van der Waals surface area contributed by atoms with Crippen LogP contribution in [0.25, 0.3) is 0 Å². The maximum atomic E-state index is 12.8. The van der Waals surface area contributed by atoms with Crippen molar-refractivity contribution in [3.05, 3.63) is 0 Å². The smallest absolute Gasteiger partial charge is 0.450 e. The van der Waals surface area contributed by atoms with Crippen LogP contribution in [0.3, 0.4) is 0 Å². The monoisotopic (exact) mass is 903 g/mol. The average molecular weight is 904 g/mol. The van der Waals surface area contributed by atoms with E-state index in [4.69, 9.17) is 29.8 Å². The van der Waals surface area contributed by atoms with E-state index in [9.17, 15) is 43.4 Å². The first-order valence-corrected chi connectivity index (χ1v) is 22.8. The Kier molecular flexibility index (Phi) is 23.8. The standard InChI is InChI=1S/C35H64N7O16PS.H2/c1-42(25-20-23(21-57-35(48)49)32(31(25)45)58-59(50,51)52)34(47)40-27(36)7-4-5-10-37-29(44)9-12-53-14-16-55-18-19-56-17-15-54-13-11-38-28(43)8-3-2-6-26-30-24(22-60-26)39-33(46)41-30;/h23-27,30-32,45H,2-22,36H2,1H3,(H,37,44)(H,38,43)(H,40,47)(H,48,49)(H2,39,41,46)(H2,50,51,52);1H/t23-,24+,25-,26+,27?,30+,31-,32?;/m1./s1. The molecule has 2 aliphatic heterocycles. The van der Waals surface area contributed by atoms with Crippen molar-refractivity contribution in [3.63, 3.8) is 0 Å². The van der Waals surface area contributed by atoms with E-state index in [0.717, 1.165) is 29.9 Å². The molecule has 8 atom stereocenters. The number of likely N-dealkylation sites (N-methyl/N-ethyl adjacent to an activating group) is 1. The number of carboxylic acid groups (broad SMARTS) is 1. The van der Waals surface area contributed by atoms with E-state index >= 15 is 0 Å². The van der Waals surface area contributed by atoms with Gasteiger partial charge in [-0.25, -0.2) is 18.9 Å². The number of carbonyl (C=O) groups excluding carboxylic acids is 4. The largest absolute Gasteiger partial charge is 0.505 e. The fourth-order valence-corrected chi connectivity index (χ4v) is 9.11. The minimum Gasteiger partial charge on any atom is -0.450 e. The van der Waals surface area contributed by atoms with Crippen molar-refractivity contribution in [2.24, 2.45) is 11.7 Å².